The molecule has 1 unspecified atom stereocenters. The average molecular weight is 260 g/mol. The molecule has 2 heteroatoms. The van der Waals surface area contributed by atoms with Gasteiger partial charge >= 0.3 is 0 Å². The molecule has 104 valence electrons. The minimum atomic E-state index is -0.211. The fraction of sp³-hybridized carbons (Fsp3) is 0.529. The van der Waals surface area contributed by atoms with Crippen LogP contribution in [0.1, 0.15) is 43.7 Å². The van der Waals surface area contributed by atoms with Crippen molar-refractivity contribution in [2.45, 2.75) is 44.8 Å². The highest BCUT2D eigenvalue weighted by Gasteiger charge is 2.44. The molecule has 0 radical (unpaired) electrons. The van der Waals surface area contributed by atoms with Gasteiger partial charge in [-0.15, -0.1) is 0 Å². The first kappa shape index (κ1) is 14.3. The van der Waals surface area contributed by atoms with Crippen molar-refractivity contribution in [2.75, 3.05) is 13.2 Å². The van der Waals surface area contributed by atoms with Gasteiger partial charge in [0.15, 0.2) is 5.79 Å². The molecule has 1 atom stereocenters. The minimum Gasteiger partial charge on any atom is -0.348 e. The molecule has 1 aromatic carbocycles. The Labute approximate surface area is 116 Å². The maximum absolute atomic E-state index is 5.83. The topological polar surface area (TPSA) is 21.8 Å². The third-order valence-corrected chi connectivity index (χ3v) is 3.51. The van der Waals surface area contributed by atoms with E-state index in [9.17, 15) is 0 Å². The second-order valence-electron chi connectivity index (χ2n) is 5.20. The Bertz CT molecular complexity index is 407. The summed E-state index contributed by atoms with van der Waals surface area (Å²) in [6.07, 6.45) is 7.39. The molecule has 0 aromatic heterocycles. The SMILES string of the molecule is C=Cc1cccc(CCCCOC2(CCC)CO2)c1. The van der Waals surface area contributed by atoms with Gasteiger partial charge in [-0.3, -0.25) is 0 Å². The van der Waals surface area contributed by atoms with Crippen molar-refractivity contribution in [2.24, 2.45) is 0 Å². The minimum absolute atomic E-state index is 0.211. The number of hydrogen-bond acceptors (Lipinski definition) is 2. The van der Waals surface area contributed by atoms with Crippen molar-refractivity contribution < 1.29 is 9.47 Å². The molecule has 0 N–H and O–H groups in total. The van der Waals surface area contributed by atoms with Crippen LogP contribution in [-0.2, 0) is 15.9 Å². The summed E-state index contributed by atoms with van der Waals surface area (Å²) in [5.74, 6) is -0.211. The number of aryl methyl sites for hydroxylation is 1. The third-order valence-electron chi connectivity index (χ3n) is 3.51. The lowest BCUT2D eigenvalue weighted by atomic mass is 10.1. The Morgan fingerprint density at radius 2 is 2.26 bits per heavy atom. The number of unbranched alkanes of at least 4 members (excludes halogenated alkanes) is 1. The van der Waals surface area contributed by atoms with Gasteiger partial charge in [0.2, 0.25) is 0 Å². The lowest BCUT2D eigenvalue weighted by Gasteiger charge is -2.11. The predicted octanol–water partition coefficient (Wildman–Crippen LogP) is 4.20. The molecule has 0 bridgehead atoms. The molecule has 1 fully saturated rings. The summed E-state index contributed by atoms with van der Waals surface area (Å²) in [7, 11) is 0. The zero-order valence-electron chi connectivity index (χ0n) is 11.9. The molecule has 0 aliphatic carbocycles. The van der Waals surface area contributed by atoms with Crippen LogP contribution in [0.15, 0.2) is 30.8 Å². The van der Waals surface area contributed by atoms with Gasteiger partial charge in [0.25, 0.3) is 0 Å². The standard InChI is InChI=1S/C17H24O2/c1-3-11-17(14-19-17)18-12-6-5-8-16-10-7-9-15(4-2)13-16/h4,7,9-10,13H,2-3,5-6,8,11-12,14H2,1H3. The van der Waals surface area contributed by atoms with Crippen molar-refractivity contribution in [3.63, 3.8) is 0 Å². The summed E-state index contributed by atoms with van der Waals surface area (Å²) in [6, 6.07) is 8.56. The van der Waals surface area contributed by atoms with Gasteiger partial charge in [0.1, 0.15) is 6.61 Å². The quantitative estimate of drug-likeness (QED) is 0.490. The Hall–Kier alpha value is -1.12. The van der Waals surface area contributed by atoms with Gasteiger partial charge in [-0.05, 0) is 30.4 Å². The molecule has 19 heavy (non-hydrogen) atoms. The van der Waals surface area contributed by atoms with E-state index >= 15 is 0 Å². The highest BCUT2D eigenvalue weighted by Crippen LogP contribution is 2.33. The van der Waals surface area contributed by atoms with Crippen LogP contribution < -0.4 is 0 Å². The Morgan fingerprint density at radius 3 is 2.95 bits per heavy atom. The molecule has 2 nitrogen and oxygen atoms in total. The number of benzene rings is 1. The van der Waals surface area contributed by atoms with E-state index < -0.39 is 0 Å². The van der Waals surface area contributed by atoms with E-state index in [1.807, 2.05) is 6.08 Å². The van der Waals surface area contributed by atoms with Crippen LogP contribution in [0.25, 0.3) is 6.08 Å². The summed E-state index contributed by atoms with van der Waals surface area (Å²) in [5, 5.41) is 0. The summed E-state index contributed by atoms with van der Waals surface area (Å²) in [5.41, 5.74) is 2.57. The number of epoxide rings is 1. The van der Waals surface area contributed by atoms with Gasteiger partial charge in [-0.25, -0.2) is 0 Å². The van der Waals surface area contributed by atoms with E-state index in [1.165, 1.54) is 11.1 Å². The molecule has 1 aliphatic heterocycles. The normalized spacial score (nSPS) is 21.3. The largest absolute Gasteiger partial charge is 0.348 e. The van der Waals surface area contributed by atoms with Crippen LogP contribution in [0, 0.1) is 0 Å². The van der Waals surface area contributed by atoms with Gasteiger partial charge in [0.05, 0.1) is 6.61 Å². The lowest BCUT2D eigenvalue weighted by Crippen LogP contribution is -2.16. The summed E-state index contributed by atoms with van der Waals surface area (Å²) in [4.78, 5) is 0. The number of rotatable bonds is 9. The second-order valence-corrected chi connectivity index (χ2v) is 5.20. The molecule has 0 saturated carbocycles. The second kappa shape index (κ2) is 6.88. The Kier molecular flexibility index (Phi) is 5.17. The average Bonchev–Trinajstić information content (AvgIpc) is 3.19. The number of hydrogen-bond donors (Lipinski definition) is 0. The zero-order chi connectivity index (χ0) is 13.6. The van der Waals surface area contributed by atoms with Gasteiger partial charge in [-0.2, -0.15) is 0 Å². The van der Waals surface area contributed by atoms with Crippen LogP contribution in [-0.4, -0.2) is 19.0 Å². The van der Waals surface area contributed by atoms with Crippen LogP contribution in [0.3, 0.4) is 0 Å². The molecular weight excluding hydrogens is 236 g/mol. The molecule has 0 amide bonds. The highest BCUT2D eigenvalue weighted by atomic mass is 16.8. The maximum atomic E-state index is 5.83. The molecule has 2 rings (SSSR count). The highest BCUT2D eigenvalue weighted by molar-refractivity contribution is 5.47. The molecule has 1 aliphatic rings. The van der Waals surface area contributed by atoms with E-state index in [0.717, 1.165) is 45.3 Å². The van der Waals surface area contributed by atoms with Crippen molar-refractivity contribution in [3.05, 3.63) is 42.0 Å². The third kappa shape index (κ3) is 4.48. The van der Waals surface area contributed by atoms with Gasteiger partial charge in [0, 0.05) is 6.42 Å². The van der Waals surface area contributed by atoms with Crippen LogP contribution in [0.5, 0.6) is 0 Å². The van der Waals surface area contributed by atoms with E-state index in [2.05, 4.69) is 37.8 Å². The van der Waals surface area contributed by atoms with Crippen molar-refractivity contribution in [1.29, 1.82) is 0 Å². The molecule has 1 aromatic rings. The van der Waals surface area contributed by atoms with E-state index in [-0.39, 0.29) is 5.79 Å². The van der Waals surface area contributed by atoms with Crippen molar-refractivity contribution in [1.82, 2.24) is 0 Å². The lowest BCUT2D eigenvalue weighted by molar-refractivity contribution is -0.0502. The van der Waals surface area contributed by atoms with Crippen LogP contribution in [0.2, 0.25) is 0 Å². The smallest absolute Gasteiger partial charge is 0.192 e. The first-order valence-electron chi connectivity index (χ1n) is 7.27. The Morgan fingerprint density at radius 1 is 1.42 bits per heavy atom. The Balaban J connectivity index is 1.62. The molecule has 0 spiro atoms. The summed E-state index contributed by atoms with van der Waals surface area (Å²) >= 11 is 0. The summed E-state index contributed by atoms with van der Waals surface area (Å²) in [6.45, 7) is 7.55. The summed E-state index contributed by atoms with van der Waals surface area (Å²) < 4.78 is 11.2. The first-order valence-corrected chi connectivity index (χ1v) is 7.27. The van der Waals surface area contributed by atoms with E-state index in [4.69, 9.17) is 9.47 Å². The van der Waals surface area contributed by atoms with Crippen LogP contribution in [0.4, 0.5) is 0 Å². The maximum Gasteiger partial charge on any atom is 0.192 e. The van der Waals surface area contributed by atoms with Gasteiger partial charge < -0.3 is 9.47 Å². The zero-order valence-corrected chi connectivity index (χ0v) is 11.9. The molecular formula is C17H24O2. The predicted molar refractivity (Wildman–Crippen MR) is 79.0 cm³/mol. The first-order chi connectivity index (χ1) is 9.28. The fourth-order valence-corrected chi connectivity index (χ4v) is 2.33. The number of ether oxygens (including phenoxy) is 2. The van der Waals surface area contributed by atoms with E-state index in [1.54, 1.807) is 0 Å². The van der Waals surface area contributed by atoms with E-state index in [0.29, 0.717) is 0 Å². The van der Waals surface area contributed by atoms with Gasteiger partial charge in [-0.1, -0.05) is 50.3 Å². The van der Waals surface area contributed by atoms with Crippen molar-refractivity contribution >= 4 is 6.08 Å². The van der Waals surface area contributed by atoms with Crippen molar-refractivity contribution in [3.8, 4) is 0 Å². The van der Waals surface area contributed by atoms with Crippen LogP contribution >= 0.6 is 0 Å². The fourth-order valence-electron chi connectivity index (χ4n) is 2.33. The molecule has 1 heterocycles. The molecule has 1 saturated heterocycles. The monoisotopic (exact) mass is 260 g/mol.